The molecular formula is C6H7F2IO. The maximum atomic E-state index is 11.8. The van der Waals surface area contributed by atoms with Crippen LogP contribution in [-0.2, 0) is 4.74 Å². The molecule has 1 saturated heterocycles. The van der Waals surface area contributed by atoms with Crippen LogP contribution in [0.15, 0.2) is 11.8 Å². The van der Waals surface area contributed by atoms with Gasteiger partial charge in [-0.15, -0.1) is 0 Å². The number of halogens is 3. The number of allylic oxidation sites excluding steroid dienone is 1. The van der Waals surface area contributed by atoms with Crippen molar-refractivity contribution in [2.75, 3.05) is 6.61 Å². The quantitative estimate of drug-likeness (QED) is 0.480. The van der Waals surface area contributed by atoms with E-state index in [-0.39, 0.29) is 5.76 Å². The van der Waals surface area contributed by atoms with Gasteiger partial charge in [-0.3, -0.25) is 0 Å². The number of alkyl halides is 1. The third-order valence-electron chi connectivity index (χ3n) is 1.33. The lowest BCUT2D eigenvalue weighted by atomic mass is 10.2. The van der Waals surface area contributed by atoms with Crippen LogP contribution >= 0.6 is 22.6 Å². The molecule has 0 aliphatic carbocycles. The van der Waals surface area contributed by atoms with Crippen molar-refractivity contribution in [3.63, 3.8) is 0 Å². The van der Waals surface area contributed by atoms with Crippen molar-refractivity contribution in [3.8, 4) is 0 Å². The van der Waals surface area contributed by atoms with Crippen LogP contribution in [-0.4, -0.2) is 10.5 Å². The summed E-state index contributed by atoms with van der Waals surface area (Å²) in [6, 6.07) is 0. The molecule has 1 atom stereocenters. The Morgan fingerprint density at radius 2 is 2.30 bits per heavy atom. The lowest BCUT2D eigenvalue weighted by Gasteiger charge is -2.19. The van der Waals surface area contributed by atoms with Gasteiger partial charge < -0.3 is 4.74 Å². The maximum absolute atomic E-state index is 11.8. The third-order valence-corrected chi connectivity index (χ3v) is 2.32. The van der Waals surface area contributed by atoms with E-state index in [1.54, 1.807) is 0 Å². The van der Waals surface area contributed by atoms with Crippen LogP contribution in [0.2, 0.25) is 0 Å². The van der Waals surface area contributed by atoms with Gasteiger partial charge in [0.05, 0.1) is 6.61 Å². The molecule has 58 valence electrons. The summed E-state index contributed by atoms with van der Waals surface area (Å²) >= 11 is 2.20. The molecule has 0 bridgehead atoms. The molecule has 1 heterocycles. The topological polar surface area (TPSA) is 9.23 Å². The second kappa shape index (κ2) is 3.50. The van der Waals surface area contributed by atoms with E-state index >= 15 is 0 Å². The van der Waals surface area contributed by atoms with Gasteiger partial charge in [0.1, 0.15) is 0 Å². The number of rotatable bonds is 0. The maximum Gasteiger partial charge on any atom is 0.307 e. The van der Waals surface area contributed by atoms with Crippen LogP contribution in [0.1, 0.15) is 12.8 Å². The predicted octanol–water partition coefficient (Wildman–Crippen LogP) is 2.71. The minimum Gasteiger partial charge on any atom is -0.491 e. The van der Waals surface area contributed by atoms with Crippen LogP contribution < -0.4 is 0 Å². The zero-order valence-corrected chi connectivity index (χ0v) is 7.40. The molecule has 1 rings (SSSR count). The Morgan fingerprint density at radius 1 is 1.60 bits per heavy atom. The standard InChI is InChI=1S/C6H7F2IO/c7-6(8)5-2-1-4(9)3-10-5/h4H,1-3H2. The van der Waals surface area contributed by atoms with Crippen LogP contribution in [0.4, 0.5) is 8.78 Å². The molecule has 1 unspecified atom stereocenters. The fourth-order valence-electron chi connectivity index (χ4n) is 0.783. The first-order valence-electron chi connectivity index (χ1n) is 3.01. The van der Waals surface area contributed by atoms with E-state index in [9.17, 15) is 8.78 Å². The van der Waals surface area contributed by atoms with Gasteiger partial charge >= 0.3 is 6.08 Å². The Kier molecular flexibility index (Phi) is 2.88. The number of ether oxygens (including phenoxy) is 1. The van der Waals surface area contributed by atoms with Gasteiger partial charge in [0, 0.05) is 10.3 Å². The predicted molar refractivity (Wildman–Crippen MR) is 42.2 cm³/mol. The SMILES string of the molecule is FC(F)=C1CCC(I)CO1. The van der Waals surface area contributed by atoms with E-state index in [2.05, 4.69) is 22.6 Å². The molecule has 0 aromatic rings. The zero-order valence-electron chi connectivity index (χ0n) is 5.24. The Labute approximate surface area is 71.6 Å². The molecule has 0 N–H and O–H groups in total. The molecule has 0 aromatic heterocycles. The van der Waals surface area contributed by atoms with Gasteiger partial charge in [0.25, 0.3) is 0 Å². The van der Waals surface area contributed by atoms with Crippen molar-refractivity contribution in [2.45, 2.75) is 16.8 Å². The Bertz CT molecular complexity index is 144. The molecule has 0 spiro atoms. The van der Waals surface area contributed by atoms with E-state index in [0.29, 0.717) is 17.0 Å². The van der Waals surface area contributed by atoms with Gasteiger partial charge in [0.15, 0.2) is 5.76 Å². The molecule has 0 saturated carbocycles. The minimum absolute atomic E-state index is 0.118. The number of hydrogen-bond acceptors (Lipinski definition) is 1. The highest BCUT2D eigenvalue weighted by molar-refractivity contribution is 14.1. The van der Waals surface area contributed by atoms with Crippen molar-refractivity contribution < 1.29 is 13.5 Å². The zero-order chi connectivity index (χ0) is 7.56. The summed E-state index contributed by atoms with van der Waals surface area (Å²) in [4.78, 5) is 0. The Balaban J connectivity index is 2.48. The van der Waals surface area contributed by atoms with E-state index < -0.39 is 6.08 Å². The van der Waals surface area contributed by atoms with Crippen LogP contribution in [0, 0.1) is 0 Å². The summed E-state index contributed by atoms with van der Waals surface area (Å²) in [6.45, 7) is 0.424. The smallest absolute Gasteiger partial charge is 0.307 e. The highest BCUT2D eigenvalue weighted by Gasteiger charge is 2.18. The lowest BCUT2D eigenvalue weighted by Crippen LogP contribution is -2.15. The molecule has 1 aliphatic heterocycles. The van der Waals surface area contributed by atoms with Crippen LogP contribution in [0.25, 0.3) is 0 Å². The first kappa shape index (κ1) is 8.23. The van der Waals surface area contributed by atoms with Crippen molar-refractivity contribution in [1.82, 2.24) is 0 Å². The summed E-state index contributed by atoms with van der Waals surface area (Å²) in [7, 11) is 0. The average molecular weight is 260 g/mol. The van der Waals surface area contributed by atoms with E-state index in [1.807, 2.05) is 0 Å². The van der Waals surface area contributed by atoms with E-state index in [4.69, 9.17) is 4.74 Å². The van der Waals surface area contributed by atoms with Gasteiger partial charge in [-0.2, -0.15) is 8.78 Å². The van der Waals surface area contributed by atoms with E-state index in [1.165, 1.54) is 0 Å². The molecule has 4 heteroatoms. The Morgan fingerprint density at radius 3 is 2.70 bits per heavy atom. The summed E-state index contributed by atoms with van der Waals surface area (Å²) in [5, 5.41) is 0. The lowest BCUT2D eigenvalue weighted by molar-refractivity contribution is 0.151. The fraction of sp³-hybridized carbons (Fsp3) is 0.667. The van der Waals surface area contributed by atoms with E-state index in [0.717, 1.165) is 6.42 Å². The molecule has 0 radical (unpaired) electrons. The molecule has 1 fully saturated rings. The normalized spacial score (nSPS) is 25.9. The van der Waals surface area contributed by atoms with Crippen LogP contribution in [0.3, 0.4) is 0 Å². The van der Waals surface area contributed by atoms with Gasteiger partial charge in [-0.05, 0) is 6.42 Å². The fourth-order valence-corrected chi connectivity index (χ4v) is 1.27. The molecule has 10 heavy (non-hydrogen) atoms. The van der Waals surface area contributed by atoms with Crippen molar-refractivity contribution in [1.29, 1.82) is 0 Å². The molecular weight excluding hydrogens is 253 g/mol. The average Bonchev–Trinajstić information content (AvgIpc) is 1.88. The van der Waals surface area contributed by atoms with Crippen molar-refractivity contribution in [2.24, 2.45) is 0 Å². The third kappa shape index (κ3) is 2.07. The van der Waals surface area contributed by atoms with Crippen molar-refractivity contribution in [3.05, 3.63) is 11.8 Å². The second-order valence-electron chi connectivity index (χ2n) is 2.13. The van der Waals surface area contributed by atoms with Crippen LogP contribution in [0.5, 0.6) is 0 Å². The monoisotopic (exact) mass is 260 g/mol. The van der Waals surface area contributed by atoms with Gasteiger partial charge in [-0.1, -0.05) is 22.6 Å². The molecule has 0 amide bonds. The first-order chi connectivity index (χ1) is 4.70. The Hall–Kier alpha value is 0.130. The summed E-state index contributed by atoms with van der Waals surface area (Å²) in [5.41, 5.74) is 0. The first-order valence-corrected chi connectivity index (χ1v) is 4.25. The molecule has 0 aromatic carbocycles. The van der Waals surface area contributed by atoms with Gasteiger partial charge in [-0.25, -0.2) is 0 Å². The summed E-state index contributed by atoms with van der Waals surface area (Å²) in [6.07, 6.45) is -0.480. The summed E-state index contributed by atoms with van der Waals surface area (Å²) in [5.74, 6) is -0.118. The molecule has 1 nitrogen and oxygen atoms in total. The second-order valence-corrected chi connectivity index (χ2v) is 3.89. The summed E-state index contributed by atoms with van der Waals surface area (Å²) < 4.78 is 28.8. The van der Waals surface area contributed by atoms with Crippen molar-refractivity contribution >= 4 is 22.6 Å². The highest BCUT2D eigenvalue weighted by Crippen LogP contribution is 2.25. The van der Waals surface area contributed by atoms with Gasteiger partial charge in [0.2, 0.25) is 0 Å². The highest BCUT2D eigenvalue weighted by atomic mass is 127. The molecule has 1 aliphatic rings. The largest absolute Gasteiger partial charge is 0.491 e. The number of hydrogen-bond donors (Lipinski definition) is 0. The minimum atomic E-state index is -1.66.